The van der Waals surface area contributed by atoms with Gasteiger partial charge in [0, 0.05) is 0 Å². The molecule has 0 radical (unpaired) electrons. The lowest BCUT2D eigenvalue weighted by atomic mass is 9.85. The first-order valence-corrected chi connectivity index (χ1v) is 8.88. The maximum Gasteiger partial charge on any atom is 0.200 e. The molecule has 1 aliphatic rings. The second kappa shape index (κ2) is 7.56. The summed E-state index contributed by atoms with van der Waals surface area (Å²) >= 11 is 0. The maximum absolute atomic E-state index is 10.2. The van der Waals surface area contributed by atoms with E-state index in [2.05, 4.69) is 13.8 Å². The summed E-state index contributed by atoms with van der Waals surface area (Å²) in [5.41, 5.74) is 1.83. The largest absolute Gasteiger partial charge is 0.504 e. The molecule has 1 fully saturated rings. The van der Waals surface area contributed by atoms with Gasteiger partial charge in [0.1, 0.15) is 0 Å². The Bertz CT molecular complexity index is 793. The zero-order valence-electron chi connectivity index (χ0n) is 16.2. The van der Waals surface area contributed by atoms with E-state index in [1.807, 2.05) is 12.1 Å². The Labute approximate surface area is 159 Å². The van der Waals surface area contributed by atoms with Gasteiger partial charge in [-0.15, -0.1) is 0 Å². The Morgan fingerprint density at radius 3 is 1.74 bits per heavy atom. The van der Waals surface area contributed by atoms with E-state index in [1.165, 1.54) is 21.3 Å². The topological polar surface area (TPSA) is 77.4 Å². The van der Waals surface area contributed by atoms with Gasteiger partial charge in [-0.2, -0.15) is 0 Å². The van der Waals surface area contributed by atoms with Crippen molar-refractivity contribution in [3.8, 4) is 28.7 Å². The lowest BCUT2D eigenvalue weighted by Crippen LogP contribution is -2.10. The average Bonchev–Trinajstić information content (AvgIpc) is 2.97. The number of aromatic hydroxyl groups is 2. The van der Waals surface area contributed by atoms with Crippen LogP contribution in [0.15, 0.2) is 30.3 Å². The zero-order chi connectivity index (χ0) is 19.7. The molecule has 0 unspecified atom stereocenters. The third-order valence-electron chi connectivity index (χ3n) is 5.44. The zero-order valence-corrected chi connectivity index (χ0v) is 16.2. The molecule has 0 bridgehead atoms. The minimum absolute atomic E-state index is 0.0257. The summed E-state index contributed by atoms with van der Waals surface area (Å²) in [6.45, 7) is 4.28. The van der Waals surface area contributed by atoms with Gasteiger partial charge >= 0.3 is 0 Å². The van der Waals surface area contributed by atoms with Crippen LogP contribution in [0.4, 0.5) is 0 Å². The molecule has 0 aliphatic carbocycles. The molecule has 0 saturated carbocycles. The number of benzene rings is 2. The molecule has 2 aromatic rings. The Morgan fingerprint density at radius 2 is 1.22 bits per heavy atom. The summed E-state index contributed by atoms with van der Waals surface area (Å²) in [5.74, 6) is 1.65. The summed E-state index contributed by atoms with van der Waals surface area (Å²) in [6.07, 6.45) is -0.335. The second-order valence-electron chi connectivity index (χ2n) is 6.90. The van der Waals surface area contributed by atoms with Crippen LogP contribution in [0.3, 0.4) is 0 Å². The van der Waals surface area contributed by atoms with E-state index in [1.54, 1.807) is 18.2 Å². The first-order valence-electron chi connectivity index (χ1n) is 8.88. The van der Waals surface area contributed by atoms with Crippen LogP contribution in [0.2, 0.25) is 0 Å². The van der Waals surface area contributed by atoms with E-state index in [9.17, 15) is 10.2 Å². The van der Waals surface area contributed by atoms with Crippen molar-refractivity contribution >= 4 is 0 Å². The van der Waals surface area contributed by atoms with Gasteiger partial charge in [0.25, 0.3) is 0 Å². The van der Waals surface area contributed by atoms with Crippen molar-refractivity contribution < 1.29 is 29.2 Å². The molecule has 1 heterocycles. The van der Waals surface area contributed by atoms with E-state index in [0.717, 1.165) is 11.1 Å². The summed E-state index contributed by atoms with van der Waals surface area (Å²) in [4.78, 5) is 0. The molecule has 146 valence electrons. The van der Waals surface area contributed by atoms with E-state index in [0.29, 0.717) is 17.2 Å². The van der Waals surface area contributed by atoms with Gasteiger partial charge in [-0.25, -0.2) is 0 Å². The van der Waals surface area contributed by atoms with E-state index in [-0.39, 0.29) is 35.5 Å². The molecule has 1 saturated heterocycles. The van der Waals surface area contributed by atoms with Gasteiger partial charge < -0.3 is 29.2 Å². The van der Waals surface area contributed by atoms with Gasteiger partial charge in [-0.1, -0.05) is 19.9 Å². The van der Waals surface area contributed by atoms with Crippen molar-refractivity contribution in [3.63, 3.8) is 0 Å². The van der Waals surface area contributed by atoms with Crippen LogP contribution >= 0.6 is 0 Å². The first-order chi connectivity index (χ1) is 12.9. The molecular formula is C21H26O6. The Balaban J connectivity index is 1.96. The van der Waals surface area contributed by atoms with Crippen LogP contribution in [0.25, 0.3) is 0 Å². The van der Waals surface area contributed by atoms with Crippen LogP contribution in [-0.4, -0.2) is 31.5 Å². The second-order valence-corrected chi connectivity index (χ2v) is 6.90. The first kappa shape index (κ1) is 19.2. The van der Waals surface area contributed by atoms with Crippen LogP contribution in [0.1, 0.15) is 37.2 Å². The monoisotopic (exact) mass is 374 g/mol. The number of hydrogen-bond acceptors (Lipinski definition) is 6. The summed E-state index contributed by atoms with van der Waals surface area (Å²) in [5, 5.41) is 20.0. The van der Waals surface area contributed by atoms with Gasteiger partial charge in [0.15, 0.2) is 23.0 Å². The van der Waals surface area contributed by atoms with Gasteiger partial charge in [0.05, 0.1) is 33.5 Å². The smallest absolute Gasteiger partial charge is 0.200 e. The predicted octanol–water partition coefficient (Wildman–Crippen LogP) is 4.21. The molecule has 27 heavy (non-hydrogen) atoms. The number of hydrogen-bond donors (Lipinski definition) is 2. The molecule has 2 N–H and O–H groups in total. The molecule has 3 rings (SSSR count). The summed E-state index contributed by atoms with van der Waals surface area (Å²) in [7, 11) is 4.54. The van der Waals surface area contributed by atoms with Crippen LogP contribution < -0.4 is 14.2 Å². The van der Waals surface area contributed by atoms with Crippen LogP contribution in [0.5, 0.6) is 28.7 Å². The summed E-state index contributed by atoms with van der Waals surface area (Å²) < 4.78 is 22.2. The highest BCUT2D eigenvalue weighted by Gasteiger charge is 2.41. The minimum Gasteiger partial charge on any atom is -0.504 e. The van der Waals surface area contributed by atoms with E-state index < -0.39 is 0 Å². The third-order valence-corrected chi connectivity index (χ3v) is 5.44. The quantitative estimate of drug-likeness (QED) is 0.816. The van der Waals surface area contributed by atoms with Crippen molar-refractivity contribution in [3.05, 3.63) is 41.5 Å². The van der Waals surface area contributed by atoms with E-state index in [4.69, 9.17) is 18.9 Å². The predicted molar refractivity (Wildman–Crippen MR) is 101 cm³/mol. The molecule has 0 amide bonds. The lowest BCUT2D eigenvalue weighted by molar-refractivity contribution is 0.0286. The molecule has 1 aliphatic heterocycles. The number of rotatable bonds is 5. The van der Waals surface area contributed by atoms with Gasteiger partial charge in [0.2, 0.25) is 5.75 Å². The van der Waals surface area contributed by atoms with Crippen molar-refractivity contribution in [2.24, 2.45) is 11.8 Å². The highest BCUT2D eigenvalue weighted by molar-refractivity contribution is 5.53. The van der Waals surface area contributed by atoms with Gasteiger partial charge in [-0.05, 0) is 47.2 Å². The van der Waals surface area contributed by atoms with Crippen molar-refractivity contribution in [1.29, 1.82) is 0 Å². The molecule has 6 heteroatoms. The number of phenols is 2. The Kier molecular flexibility index (Phi) is 5.37. The Morgan fingerprint density at radius 1 is 0.741 bits per heavy atom. The highest BCUT2D eigenvalue weighted by Crippen LogP contribution is 2.51. The fourth-order valence-corrected chi connectivity index (χ4v) is 3.67. The van der Waals surface area contributed by atoms with Crippen LogP contribution in [-0.2, 0) is 4.74 Å². The normalized spacial score (nSPS) is 24.6. The molecule has 4 atom stereocenters. The molecule has 2 aromatic carbocycles. The van der Waals surface area contributed by atoms with Crippen LogP contribution in [0, 0.1) is 11.8 Å². The lowest BCUT2D eigenvalue weighted by Gasteiger charge is -2.19. The number of ether oxygens (including phenoxy) is 4. The Hall–Kier alpha value is -2.60. The van der Waals surface area contributed by atoms with Gasteiger partial charge in [-0.3, -0.25) is 0 Å². The third kappa shape index (κ3) is 3.37. The molecule has 0 spiro atoms. The standard InChI is InChI=1S/C21H26O6/c1-11-12(2)21(14-9-17(25-4)19(23)18(10-14)26-5)27-20(11)13-6-7-15(22)16(8-13)24-3/h6-12,20-23H,1-5H3/t11-,12-,20+,21+/m0/s1. The fraction of sp³-hybridized carbons (Fsp3) is 0.429. The minimum atomic E-state index is -0.187. The average molecular weight is 374 g/mol. The fourth-order valence-electron chi connectivity index (χ4n) is 3.67. The van der Waals surface area contributed by atoms with E-state index >= 15 is 0 Å². The molecule has 6 nitrogen and oxygen atoms in total. The maximum atomic E-state index is 10.2. The van der Waals surface area contributed by atoms with Crippen molar-refractivity contribution in [2.45, 2.75) is 26.1 Å². The highest BCUT2D eigenvalue weighted by atomic mass is 16.5. The van der Waals surface area contributed by atoms with Crippen molar-refractivity contribution in [1.82, 2.24) is 0 Å². The SMILES string of the molecule is COc1cc([C@@H]2O[C@@H](c3cc(OC)c(O)c(OC)c3)[C@@H](C)[C@@H]2C)ccc1O. The molecule has 0 aromatic heterocycles. The summed E-state index contributed by atoms with van der Waals surface area (Å²) in [6, 6.07) is 8.85. The molecular weight excluding hydrogens is 348 g/mol. The van der Waals surface area contributed by atoms with Crippen molar-refractivity contribution in [2.75, 3.05) is 21.3 Å². The number of phenolic OH excluding ortho intramolecular Hbond substituents is 2. The number of methoxy groups -OCH3 is 3.